The Balaban J connectivity index is 2.03. The standard InChI is InChI=1S/C7H13N2/c8-5-3-6-1-2-7(4-5)9-6/h5-9H,1-4H2. The summed E-state index contributed by atoms with van der Waals surface area (Å²) in [7, 11) is 0. The van der Waals surface area contributed by atoms with Crippen LogP contribution in [0.1, 0.15) is 25.7 Å². The molecule has 2 nitrogen and oxygen atoms in total. The fourth-order valence-electron chi connectivity index (χ4n) is 2.06. The summed E-state index contributed by atoms with van der Waals surface area (Å²) >= 11 is 0. The quantitative estimate of drug-likeness (QED) is 0.504. The molecule has 1 radical (unpaired) electrons. The van der Waals surface area contributed by atoms with Gasteiger partial charge in [0, 0.05) is 18.1 Å². The first-order valence-corrected chi connectivity index (χ1v) is 3.82. The molecule has 2 heteroatoms. The van der Waals surface area contributed by atoms with Gasteiger partial charge in [-0.2, -0.15) is 0 Å². The van der Waals surface area contributed by atoms with Crippen LogP contribution in [0.3, 0.4) is 0 Å². The summed E-state index contributed by atoms with van der Waals surface area (Å²) in [4.78, 5) is 0. The van der Waals surface area contributed by atoms with Gasteiger partial charge in [-0.25, -0.2) is 0 Å². The Labute approximate surface area is 55.8 Å². The van der Waals surface area contributed by atoms with Crippen LogP contribution in [0.25, 0.3) is 0 Å². The third-order valence-electron chi connectivity index (χ3n) is 2.47. The lowest BCUT2D eigenvalue weighted by Gasteiger charge is -2.25. The highest BCUT2D eigenvalue weighted by molar-refractivity contribution is 4.93. The molecule has 2 N–H and O–H groups in total. The van der Waals surface area contributed by atoms with Crippen molar-refractivity contribution in [3.63, 3.8) is 0 Å². The van der Waals surface area contributed by atoms with Crippen molar-refractivity contribution in [2.24, 2.45) is 0 Å². The number of rotatable bonds is 0. The molecule has 2 bridgehead atoms. The molecule has 2 fully saturated rings. The van der Waals surface area contributed by atoms with E-state index in [0.717, 1.165) is 12.8 Å². The molecule has 9 heavy (non-hydrogen) atoms. The van der Waals surface area contributed by atoms with Gasteiger partial charge in [0.15, 0.2) is 0 Å². The van der Waals surface area contributed by atoms with Gasteiger partial charge in [-0.1, -0.05) is 0 Å². The molecule has 0 aromatic rings. The Hall–Kier alpha value is -0.0800. The van der Waals surface area contributed by atoms with Crippen LogP contribution < -0.4 is 11.1 Å². The Kier molecular flexibility index (Phi) is 1.24. The fraction of sp³-hybridized carbons (Fsp3) is 1.00. The van der Waals surface area contributed by atoms with Gasteiger partial charge in [0.2, 0.25) is 0 Å². The second kappa shape index (κ2) is 1.96. The van der Waals surface area contributed by atoms with Gasteiger partial charge in [-0.15, -0.1) is 0 Å². The van der Waals surface area contributed by atoms with E-state index in [1.807, 2.05) is 0 Å². The molecule has 2 heterocycles. The Bertz CT molecular complexity index is 101. The van der Waals surface area contributed by atoms with Gasteiger partial charge >= 0.3 is 0 Å². The molecule has 2 unspecified atom stereocenters. The molecule has 2 saturated heterocycles. The lowest BCUT2D eigenvalue weighted by molar-refractivity contribution is 0.357. The van der Waals surface area contributed by atoms with E-state index < -0.39 is 0 Å². The molecule has 0 saturated carbocycles. The van der Waals surface area contributed by atoms with Crippen LogP contribution >= 0.6 is 0 Å². The van der Waals surface area contributed by atoms with Gasteiger partial charge in [-0.05, 0) is 25.7 Å². The SMILES string of the molecule is [NH]C1CC2CCC(C1)N2. The van der Waals surface area contributed by atoms with Crippen LogP contribution in [-0.2, 0) is 0 Å². The van der Waals surface area contributed by atoms with Gasteiger partial charge in [0.25, 0.3) is 0 Å². The van der Waals surface area contributed by atoms with Crippen LogP contribution in [0.2, 0.25) is 0 Å². The molecule has 0 spiro atoms. The molecule has 0 amide bonds. The van der Waals surface area contributed by atoms with Crippen LogP contribution in [0, 0.1) is 0 Å². The second-order valence-corrected chi connectivity index (χ2v) is 3.31. The summed E-state index contributed by atoms with van der Waals surface area (Å²) in [5, 5.41) is 3.50. The molecule has 2 atom stereocenters. The summed E-state index contributed by atoms with van der Waals surface area (Å²) in [6.45, 7) is 0. The molecular formula is C7H13N2. The largest absolute Gasteiger partial charge is 0.311 e. The van der Waals surface area contributed by atoms with Crippen LogP contribution in [-0.4, -0.2) is 18.1 Å². The van der Waals surface area contributed by atoms with Gasteiger partial charge in [0.05, 0.1) is 0 Å². The molecule has 2 aliphatic heterocycles. The van der Waals surface area contributed by atoms with Crippen LogP contribution in [0.15, 0.2) is 0 Å². The number of fused-ring (bicyclic) bond motifs is 2. The van der Waals surface area contributed by atoms with Crippen molar-refractivity contribution in [1.29, 1.82) is 0 Å². The molecule has 0 aliphatic carbocycles. The zero-order valence-corrected chi connectivity index (χ0v) is 5.56. The predicted octanol–water partition coefficient (Wildman–Crippen LogP) is 0.552. The average Bonchev–Trinajstić information content (AvgIpc) is 2.11. The highest BCUT2D eigenvalue weighted by Gasteiger charge is 2.31. The first kappa shape index (κ1) is 5.69. The van der Waals surface area contributed by atoms with E-state index in [1.165, 1.54) is 12.8 Å². The second-order valence-electron chi connectivity index (χ2n) is 3.31. The van der Waals surface area contributed by atoms with Crippen LogP contribution in [0.4, 0.5) is 0 Å². The minimum atomic E-state index is 0.240. The maximum Gasteiger partial charge on any atom is 0.0242 e. The van der Waals surface area contributed by atoms with E-state index in [9.17, 15) is 0 Å². The predicted molar refractivity (Wildman–Crippen MR) is 36.1 cm³/mol. The van der Waals surface area contributed by atoms with E-state index >= 15 is 0 Å². The van der Waals surface area contributed by atoms with E-state index in [0.29, 0.717) is 12.1 Å². The average molecular weight is 125 g/mol. The summed E-state index contributed by atoms with van der Waals surface area (Å²) in [6.07, 6.45) is 4.83. The minimum Gasteiger partial charge on any atom is -0.311 e. The van der Waals surface area contributed by atoms with Crippen molar-refractivity contribution in [3.8, 4) is 0 Å². The molecule has 0 aromatic heterocycles. The zero-order chi connectivity index (χ0) is 6.27. The van der Waals surface area contributed by atoms with Crippen molar-refractivity contribution in [2.75, 3.05) is 0 Å². The van der Waals surface area contributed by atoms with Gasteiger partial charge in [-0.3, -0.25) is 5.73 Å². The summed E-state index contributed by atoms with van der Waals surface area (Å²) in [5.41, 5.74) is 7.53. The van der Waals surface area contributed by atoms with E-state index in [-0.39, 0.29) is 6.04 Å². The Morgan fingerprint density at radius 2 is 1.67 bits per heavy atom. The number of piperidine rings is 1. The lowest BCUT2D eigenvalue weighted by atomic mass is 10.0. The van der Waals surface area contributed by atoms with E-state index in [2.05, 4.69) is 5.32 Å². The van der Waals surface area contributed by atoms with Crippen molar-refractivity contribution in [3.05, 3.63) is 0 Å². The Morgan fingerprint density at radius 1 is 1.11 bits per heavy atom. The van der Waals surface area contributed by atoms with E-state index in [4.69, 9.17) is 5.73 Å². The maximum atomic E-state index is 7.53. The minimum absolute atomic E-state index is 0.240. The van der Waals surface area contributed by atoms with Crippen molar-refractivity contribution in [1.82, 2.24) is 11.1 Å². The normalized spacial score (nSPS) is 49.7. The molecule has 0 aromatic carbocycles. The highest BCUT2D eigenvalue weighted by atomic mass is 15.0. The molecule has 2 rings (SSSR count). The lowest BCUT2D eigenvalue weighted by Crippen LogP contribution is -2.40. The Morgan fingerprint density at radius 3 is 2.22 bits per heavy atom. The number of hydrogen-bond acceptors (Lipinski definition) is 1. The highest BCUT2D eigenvalue weighted by Crippen LogP contribution is 2.25. The number of hydrogen-bond donors (Lipinski definition) is 1. The van der Waals surface area contributed by atoms with Crippen molar-refractivity contribution >= 4 is 0 Å². The zero-order valence-electron chi connectivity index (χ0n) is 5.56. The molecular weight excluding hydrogens is 112 g/mol. The third kappa shape index (κ3) is 0.970. The van der Waals surface area contributed by atoms with Gasteiger partial charge < -0.3 is 5.32 Å². The maximum absolute atomic E-state index is 7.53. The van der Waals surface area contributed by atoms with E-state index in [1.54, 1.807) is 0 Å². The topological polar surface area (TPSA) is 35.8 Å². The van der Waals surface area contributed by atoms with Crippen molar-refractivity contribution < 1.29 is 0 Å². The fourth-order valence-corrected chi connectivity index (χ4v) is 2.06. The third-order valence-corrected chi connectivity index (χ3v) is 2.47. The first-order valence-electron chi connectivity index (χ1n) is 3.82. The summed E-state index contributed by atoms with van der Waals surface area (Å²) in [5.74, 6) is 0. The molecule has 2 aliphatic rings. The van der Waals surface area contributed by atoms with Crippen LogP contribution in [0.5, 0.6) is 0 Å². The summed E-state index contributed by atoms with van der Waals surface area (Å²) < 4.78 is 0. The van der Waals surface area contributed by atoms with Crippen molar-refractivity contribution in [2.45, 2.75) is 43.8 Å². The number of nitrogens with one attached hydrogen (secondary N) is 2. The smallest absolute Gasteiger partial charge is 0.0242 e. The summed E-state index contributed by atoms with van der Waals surface area (Å²) in [6, 6.07) is 1.64. The monoisotopic (exact) mass is 125 g/mol. The first-order chi connectivity index (χ1) is 4.34. The molecule has 51 valence electrons. The van der Waals surface area contributed by atoms with Gasteiger partial charge in [0.1, 0.15) is 0 Å².